The Hall–Kier alpha value is -2.31. The molecule has 0 atom stereocenters. The predicted molar refractivity (Wildman–Crippen MR) is 81.3 cm³/mol. The van der Waals surface area contributed by atoms with Crippen LogP contribution in [0.25, 0.3) is 6.08 Å². The Bertz CT molecular complexity index is 629. The van der Waals surface area contributed by atoms with Crippen LogP contribution in [0.15, 0.2) is 18.2 Å². The van der Waals surface area contributed by atoms with E-state index in [1.54, 1.807) is 4.90 Å². The van der Waals surface area contributed by atoms with Gasteiger partial charge in [0, 0.05) is 25.6 Å². The minimum atomic E-state index is -1.54. The van der Waals surface area contributed by atoms with Gasteiger partial charge in [-0.3, -0.25) is 9.59 Å². The number of esters is 1. The zero-order chi connectivity index (χ0) is 17.7. The van der Waals surface area contributed by atoms with E-state index in [9.17, 15) is 22.8 Å². The summed E-state index contributed by atoms with van der Waals surface area (Å²) in [6.07, 6.45) is 4.16. The molecule has 4 nitrogen and oxygen atoms in total. The molecule has 7 heteroatoms. The highest BCUT2D eigenvalue weighted by atomic mass is 19.2. The highest BCUT2D eigenvalue weighted by Crippen LogP contribution is 2.21. The summed E-state index contributed by atoms with van der Waals surface area (Å²) in [5.41, 5.74) is 0.0697. The highest BCUT2D eigenvalue weighted by molar-refractivity contribution is 5.91. The van der Waals surface area contributed by atoms with Crippen molar-refractivity contribution in [3.8, 4) is 0 Å². The topological polar surface area (TPSA) is 46.6 Å². The molecule has 1 aliphatic rings. The van der Waals surface area contributed by atoms with Crippen LogP contribution in [-0.4, -0.2) is 37.0 Å². The number of carbonyl (C=O) groups is 2. The van der Waals surface area contributed by atoms with Crippen molar-refractivity contribution < 1.29 is 27.5 Å². The molecule has 0 aromatic heterocycles. The lowest BCUT2D eigenvalue weighted by Gasteiger charge is -2.30. The Morgan fingerprint density at radius 1 is 1.21 bits per heavy atom. The number of halogens is 3. The highest BCUT2D eigenvalue weighted by Gasteiger charge is 2.23. The fraction of sp³-hybridized carbons (Fsp3) is 0.412. The van der Waals surface area contributed by atoms with E-state index in [1.165, 1.54) is 19.3 Å². The van der Waals surface area contributed by atoms with Gasteiger partial charge in [0.25, 0.3) is 0 Å². The first-order chi connectivity index (χ1) is 11.4. The maximum atomic E-state index is 13.1. The molecule has 1 aliphatic heterocycles. The molecule has 1 amide bonds. The van der Waals surface area contributed by atoms with Crippen LogP contribution in [0.2, 0.25) is 0 Å². The van der Waals surface area contributed by atoms with Gasteiger partial charge in [-0.05, 0) is 42.5 Å². The minimum absolute atomic E-state index is 0.0697. The van der Waals surface area contributed by atoms with Crippen LogP contribution < -0.4 is 0 Å². The SMILES string of the molecule is COC(=O)CC1CCN(C(=O)/C=C/c2cc(F)c(F)c(F)c2)CC1. The van der Waals surface area contributed by atoms with Crippen molar-refractivity contribution in [3.63, 3.8) is 0 Å². The van der Waals surface area contributed by atoms with Gasteiger partial charge >= 0.3 is 5.97 Å². The average molecular weight is 341 g/mol. The number of rotatable bonds is 4. The van der Waals surface area contributed by atoms with Gasteiger partial charge in [-0.1, -0.05) is 0 Å². The molecular weight excluding hydrogens is 323 g/mol. The third-order valence-corrected chi connectivity index (χ3v) is 4.03. The summed E-state index contributed by atoms with van der Waals surface area (Å²) in [4.78, 5) is 24.9. The first-order valence-corrected chi connectivity index (χ1v) is 7.59. The van der Waals surface area contributed by atoms with Crippen molar-refractivity contribution >= 4 is 18.0 Å². The number of benzene rings is 1. The van der Waals surface area contributed by atoms with Crippen molar-refractivity contribution in [1.29, 1.82) is 0 Å². The molecule has 0 saturated carbocycles. The van der Waals surface area contributed by atoms with Gasteiger partial charge in [-0.25, -0.2) is 13.2 Å². The molecule has 0 radical (unpaired) electrons. The molecule has 0 bridgehead atoms. The lowest BCUT2D eigenvalue weighted by molar-refractivity contribution is -0.142. The van der Waals surface area contributed by atoms with Gasteiger partial charge in [0.05, 0.1) is 7.11 Å². The van der Waals surface area contributed by atoms with E-state index < -0.39 is 17.5 Å². The molecule has 0 spiro atoms. The maximum Gasteiger partial charge on any atom is 0.305 e. The molecular formula is C17H18F3NO3. The quantitative estimate of drug-likeness (QED) is 0.481. The Morgan fingerprint density at radius 2 is 1.79 bits per heavy atom. The zero-order valence-corrected chi connectivity index (χ0v) is 13.2. The van der Waals surface area contributed by atoms with Crippen LogP contribution in [0.3, 0.4) is 0 Å². The molecule has 2 rings (SSSR count). The van der Waals surface area contributed by atoms with E-state index >= 15 is 0 Å². The largest absolute Gasteiger partial charge is 0.469 e. The van der Waals surface area contributed by atoms with Crippen LogP contribution in [-0.2, 0) is 14.3 Å². The zero-order valence-electron chi connectivity index (χ0n) is 13.2. The molecule has 130 valence electrons. The normalized spacial score (nSPS) is 15.8. The van der Waals surface area contributed by atoms with E-state index in [0.717, 1.165) is 12.1 Å². The van der Waals surface area contributed by atoms with E-state index in [0.29, 0.717) is 32.4 Å². The molecule has 1 fully saturated rings. The number of carbonyl (C=O) groups excluding carboxylic acids is 2. The first kappa shape index (κ1) is 18.0. The molecule has 1 heterocycles. The van der Waals surface area contributed by atoms with Crippen molar-refractivity contribution in [3.05, 3.63) is 41.2 Å². The van der Waals surface area contributed by atoms with Crippen LogP contribution in [0.1, 0.15) is 24.8 Å². The molecule has 0 unspecified atom stereocenters. The van der Waals surface area contributed by atoms with Gasteiger partial charge in [-0.2, -0.15) is 0 Å². The van der Waals surface area contributed by atoms with E-state index in [-0.39, 0.29) is 23.4 Å². The standard InChI is InChI=1S/C17H18F3NO3/c1-24-16(23)10-11-4-6-21(7-5-11)15(22)3-2-12-8-13(18)17(20)14(19)9-12/h2-3,8-9,11H,4-7,10H2,1H3/b3-2+. The number of methoxy groups -OCH3 is 1. The van der Waals surface area contributed by atoms with Crippen LogP contribution >= 0.6 is 0 Å². The van der Waals surface area contributed by atoms with Gasteiger partial charge in [0.1, 0.15) is 0 Å². The molecule has 1 aromatic carbocycles. The summed E-state index contributed by atoms with van der Waals surface area (Å²) in [6.45, 7) is 0.994. The van der Waals surface area contributed by atoms with Crippen LogP contribution in [0.4, 0.5) is 13.2 Å². The lowest BCUT2D eigenvalue weighted by atomic mass is 9.93. The van der Waals surface area contributed by atoms with Gasteiger partial charge < -0.3 is 9.64 Å². The Kier molecular flexibility index (Phi) is 6.00. The second kappa shape index (κ2) is 7.99. The van der Waals surface area contributed by atoms with E-state index in [2.05, 4.69) is 4.74 Å². The fourth-order valence-corrected chi connectivity index (χ4v) is 2.62. The third-order valence-electron chi connectivity index (χ3n) is 4.03. The first-order valence-electron chi connectivity index (χ1n) is 7.59. The minimum Gasteiger partial charge on any atom is -0.469 e. The van der Waals surface area contributed by atoms with E-state index in [4.69, 9.17) is 0 Å². The molecule has 0 N–H and O–H groups in total. The maximum absolute atomic E-state index is 13.1. The number of ether oxygens (including phenoxy) is 1. The monoisotopic (exact) mass is 341 g/mol. The van der Waals surface area contributed by atoms with Gasteiger partial charge in [0.15, 0.2) is 17.5 Å². The predicted octanol–water partition coefficient (Wildman–Crippen LogP) is 2.92. The van der Waals surface area contributed by atoms with Crippen molar-refractivity contribution in [2.75, 3.05) is 20.2 Å². The molecule has 1 saturated heterocycles. The van der Waals surface area contributed by atoms with E-state index in [1.807, 2.05) is 0 Å². The smallest absolute Gasteiger partial charge is 0.305 e. The van der Waals surface area contributed by atoms with Gasteiger partial charge in [0.2, 0.25) is 5.91 Å². The fourth-order valence-electron chi connectivity index (χ4n) is 2.62. The summed E-state index contributed by atoms with van der Waals surface area (Å²) in [5, 5.41) is 0. The molecule has 24 heavy (non-hydrogen) atoms. The van der Waals surface area contributed by atoms with Gasteiger partial charge in [-0.15, -0.1) is 0 Å². The summed E-state index contributed by atoms with van der Waals surface area (Å²) in [6, 6.07) is 1.65. The Morgan fingerprint density at radius 3 is 2.33 bits per heavy atom. The summed E-state index contributed by atoms with van der Waals surface area (Å²) in [5.74, 6) is -4.51. The van der Waals surface area contributed by atoms with Crippen molar-refractivity contribution in [1.82, 2.24) is 4.90 Å². The number of hydrogen-bond donors (Lipinski definition) is 0. The summed E-state index contributed by atoms with van der Waals surface area (Å²) in [7, 11) is 1.34. The molecule has 1 aromatic rings. The average Bonchev–Trinajstić information content (AvgIpc) is 2.57. The Balaban J connectivity index is 1.91. The second-order valence-electron chi connectivity index (χ2n) is 5.68. The number of hydrogen-bond acceptors (Lipinski definition) is 3. The van der Waals surface area contributed by atoms with Crippen LogP contribution in [0.5, 0.6) is 0 Å². The third kappa shape index (κ3) is 4.59. The Labute approximate surface area is 137 Å². The van der Waals surface area contributed by atoms with Crippen LogP contribution in [0, 0.1) is 23.4 Å². The summed E-state index contributed by atoms with van der Waals surface area (Å²) >= 11 is 0. The van der Waals surface area contributed by atoms with Crippen molar-refractivity contribution in [2.45, 2.75) is 19.3 Å². The number of piperidine rings is 1. The van der Waals surface area contributed by atoms with Crippen molar-refractivity contribution in [2.24, 2.45) is 5.92 Å². The lowest BCUT2D eigenvalue weighted by Crippen LogP contribution is -2.38. The second-order valence-corrected chi connectivity index (χ2v) is 5.68. The molecule has 0 aliphatic carbocycles. The number of amides is 1. The summed E-state index contributed by atoms with van der Waals surface area (Å²) < 4.78 is 43.7. The number of nitrogens with zero attached hydrogens (tertiary/aromatic N) is 1. The number of likely N-dealkylation sites (tertiary alicyclic amines) is 1.